The van der Waals surface area contributed by atoms with Gasteiger partial charge in [-0.3, -0.25) is 0 Å². The van der Waals surface area contributed by atoms with E-state index in [4.69, 9.17) is 0 Å². The van der Waals surface area contributed by atoms with Crippen LogP contribution in [0.4, 0.5) is 18.9 Å². The van der Waals surface area contributed by atoms with Crippen LogP contribution in [-0.4, -0.2) is 6.04 Å². The highest BCUT2D eigenvalue weighted by Crippen LogP contribution is 2.33. The smallest absolute Gasteiger partial charge is 0.383 e. The Morgan fingerprint density at radius 3 is 2.38 bits per heavy atom. The second-order valence-electron chi connectivity index (χ2n) is 5.78. The summed E-state index contributed by atoms with van der Waals surface area (Å²) in [4.78, 5) is 0. The van der Waals surface area contributed by atoms with Gasteiger partial charge >= 0.3 is 6.18 Å². The molecule has 0 aromatic heterocycles. The van der Waals surface area contributed by atoms with Crippen LogP contribution in [0, 0.1) is 6.92 Å². The number of benzene rings is 1. The van der Waals surface area contributed by atoms with Crippen molar-refractivity contribution in [1.82, 2.24) is 0 Å². The molecule has 21 heavy (non-hydrogen) atoms. The predicted molar refractivity (Wildman–Crippen MR) is 82.6 cm³/mol. The number of rotatable bonds is 8. The van der Waals surface area contributed by atoms with Gasteiger partial charge < -0.3 is 5.32 Å². The largest absolute Gasteiger partial charge is 0.416 e. The summed E-state index contributed by atoms with van der Waals surface area (Å²) < 4.78 is 38.6. The minimum atomic E-state index is -4.29. The van der Waals surface area contributed by atoms with Crippen LogP contribution in [0.2, 0.25) is 0 Å². The fourth-order valence-electron chi connectivity index (χ4n) is 2.43. The third kappa shape index (κ3) is 6.40. The summed E-state index contributed by atoms with van der Waals surface area (Å²) >= 11 is 0. The summed E-state index contributed by atoms with van der Waals surface area (Å²) in [5, 5.41) is 3.17. The monoisotopic (exact) mass is 301 g/mol. The number of unbranched alkanes of at least 4 members (excludes halogenated alkanes) is 4. The van der Waals surface area contributed by atoms with Crippen LogP contribution >= 0.6 is 0 Å². The number of halogens is 3. The van der Waals surface area contributed by atoms with Gasteiger partial charge in [0.15, 0.2) is 0 Å². The van der Waals surface area contributed by atoms with Gasteiger partial charge in [-0.15, -0.1) is 0 Å². The van der Waals surface area contributed by atoms with Gasteiger partial charge in [0.05, 0.1) is 5.56 Å². The van der Waals surface area contributed by atoms with Crippen molar-refractivity contribution >= 4 is 5.69 Å². The molecule has 0 amide bonds. The molecule has 0 saturated carbocycles. The van der Waals surface area contributed by atoms with Crippen molar-refractivity contribution in [2.45, 2.75) is 71.5 Å². The highest BCUT2D eigenvalue weighted by atomic mass is 19.4. The average Bonchev–Trinajstić information content (AvgIpc) is 2.39. The molecular formula is C17H26F3N. The number of nitrogens with one attached hydrogen (secondary N) is 1. The normalized spacial score (nSPS) is 13.2. The molecule has 4 heteroatoms. The van der Waals surface area contributed by atoms with Crippen molar-refractivity contribution in [2.24, 2.45) is 0 Å². The molecule has 1 aromatic rings. The van der Waals surface area contributed by atoms with Gasteiger partial charge in [0.1, 0.15) is 0 Å². The van der Waals surface area contributed by atoms with Crippen LogP contribution in [0.3, 0.4) is 0 Å². The molecule has 120 valence electrons. The molecule has 1 unspecified atom stereocenters. The first-order valence-electron chi connectivity index (χ1n) is 7.79. The molecule has 0 aliphatic rings. The van der Waals surface area contributed by atoms with Gasteiger partial charge in [-0.1, -0.05) is 45.1 Å². The first-order valence-corrected chi connectivity index (χ1v) is 7.79. The van der Waals surface area contributed by atoms with E-state index in [9.17, 15) is 13.2 Å². The summed E-state index contributed by atoms with van der Waals surface area (Å²) in [6.45, 7) is 5.69. The van der Waals surface area contributed by atoms with Gasteiger partial charge in [-0.05, 0) is 38.0 Å². The summed E-state index contributed by atoms with van der Waals surface area (Å²) in [5.74, 6) is 0. The summed E-state index contributed by atoms with van der Waals surface area (Å²) in [7, 11) is 0. The highest BCUT2D eigenvalue weighted by molar-refractivity contribution is 5.49. The van der Waals surface area contributed by atoms with Crippen LogP contribution < -0.4 is 5.32 Å². The second-order valence-corrected chi connectivity index (χ2v) is 5.78. The van der Waals surface area contributed by atoms with Gasteiger partial charge in [0, 0.05) is 11.7 Å². The maximum absolute atomic E-state index is 12.9. The average molecular weight is 301 g/mol. The zero-order valence-electron chi connectivity index (χ0n) is 13.2. The number of alkyl halides is 3. The van der Waals surface area contributed by atoms with E-state index in [0.717, 1.165) is 12.8 Å². The van der Waals surface area contributed by atoms with E-state index in [1.807, 2.05) is 6.92 Å². The Morgan fingerprint density at radius 2 is 1.76 bits per heavy atom. The molecule has 1 atom stereocenters. The van der Waals surface area contributed by atoms with E-state index in [0.29, 0.717) is 5.69 Å². The summed E-state index contributed by atoms with van der Waals surface area (Å²) in [6, 6.07) is 4.65. The van der Waals surface area contributed by atoms with Crippen molar-refractivity contribution in [3.05, 3.63) is 29.3 Å². The molecule has 0 spiro atoms. The Balaban J connectivity index is 2.51. The number of hydrogen-bond acceptors (Lipinski definition) is 1. The molecule has 1 aromatic carbocycles. The fourth-order valence-corrected chi connectivity index (χ4v) is 2.43. The Labute approximate surface area is 125 Å². The molecule has 0 radical (unpaired) electrons. The first kappa shape index (κ1) is 17.9. The van der Waals surface area contributed by atoms with Crippen LogP contribution in [-0.2, 0) is 6.18 Å². The van der Waals surface area contributed by atoms with E-state index in [1.54, 1.807) is 6.07 Å². The van der Waals surface area contributed by atoms with Crippen LogP contribution in [0.25, 0.3) is 0 Å². The fraction of sp³-hybridized carbons (Fsp3) is 0.647. The van der Waals surface area contributed by atoms with Crippen molar-refractivity contribution < 1.29 is 13.2 Å². The lowest BCUT2D eigenvalue weighted by atomic mass is 10.1. The van der Waals surface area contributed by atoms with Crippen LogP contribution in [0.1, 0.15) is 63.5 Å². The third-order valence-electron chi connectivity index (χ3n) is 3.70. The van der Waals surface area contributed by atoms with Crippen LogP contribution in [0.15, 0.2) is 18.2 Å². The number of hydrogen-bond donors (Lipinski definition) is 1. The van der Waals surface area contributed by atoms with E-state index in [1.165, 1.54) is 44.7 Å². The van der Waals surface area contributed by atoms with Crippen molar-refractivity contribution in [2.75, 3.05) is 5.32 Å². The maximum atomic E-state index is 12.9. The molecule has 1 nitrogen and oxygen atoms in total. The zero-order chi connectivity index (χ0) is 15.9. The van der Waals surface area contributed by atoms with Crippen molar-refractivity contribution in [1.29, 1.82) is 0 Å². The van der Waals surface area contributed by atoms with Gasteiger partial charge in [0.25, 0.3) is 0 Å². The molecule has 0 heterocycles. The van der Waals surface area contributed by atoms with E-state index >= 15 is 0 Å². The first-order chi connectivity index (χ1) is 9.84. The lowest BCUT2D eigenvalue weighted by molar-refractivity contribution is -0.138. The Bertz CT molecular complexity index is 427. The van der Waals surface area contributed by atoms with Crippen molar-refractivity contribution in [3.63, 3.8) is 0 Å². The molecule has 1 rings (SSSR count). The lowest BCUT2D eigenvalue weighted by Gasteiger charge is -2.17. The Kier molecular flexibility index (Phi) is 7.06. The predicted octanol–water partition coefficient (Wildman–Crippen LogP) is 6.17. The van der Waals surface area contributed by atoms with Gasteiger partial charge in [-0.25, -0.2) is 0 Å². The third-order valence-corrected chi connectivity index (χ3v) is 3.70. The molecule has 0 aliphatic carbocycles. The molecule has 0 fully saturated rings. The zero-order valence-corrected chi connectivity index (χ0v) is 13.2. The quantitative estimate of drug-likeness (QED) is 0.566. The van der Waals surface area contributed by atoms with E-state index < -0.39 is 11.7 Å². The van der Waals surface area contributed by atoms with Gasteiger partial charge in [-0.2, -0.15) is 13.2 Å². The Morgan fingerprint density at radius 1 is 1.10 bits per heavy atom. The van der Waals surface area contributed by atoms with Crippen molar-refractivity contribution in [3.8, 4) is 0 Å². The summed E-state index contributed by atoms with van der Waals surface area (Å²) in [6.07, 6.45) is 2.73. The molecular weight excluding hydrogens is 275 g/mol. The molecule has 1 N–H and O–H groups in total. The molecule has 0 aliphatic heterocycles. The standard InChI is InChI=1S/C17H26F3N/c1-4-5-6-7-8-9-14(3)21-15-11-10-13(2)16(12-15)17(18,19)20/h10-12,14,21H,4-9H2,1-3H3. The maximum Gasteiger partial charge on any atom is 0.416 e. The molecule has 0 bridgehead atoms. The van der Waals surface area contributed by atoms with E-state index in [-0.39, 0.29) is 11.6 Å². The number of anilines is 1. The van der Waals surface area contributed by atoms with E-state index in [2.05, 4.69) is 12.2 Å². The summed E-state index contributed by atoms with van der Waals surface area (Å²) in [5.41, 5.74) is 0.261. The lowest BCUT2D eigenvalue weighted by Crippen LogP contribution is -2.16. The minimum absolute atomic E-state index is 0.190. The molecule has 0 saturated heterocycles. The second kappa shape index (κ2) is 8.30. The van der Waals surface area contributed by atoms with Crippen LogP contribution in [0.5, 0.6) is 0 Å². The number of aryl methyl sites for hydroxylation is 1. The van der Waals surface area contributed by atoms with Gasteiger partial charge in [0.2, 0.25) is 0 Å². The topological polar surface area (TPSA) is 12.0 Å². The highest BCUT2D eigenvalue weighted by Gasteiger charge is 2.32. The Hall–Kier alpha value is -1.19. The SMILES string of the molecule is CCCCCCCC(C)Nc1ccc(C)c(C(F)(F)F)c1. The minimum Gasteiger partial charge on any atom is -0.383 e.